The van der Waals surface area contributed by atoms with Crippen molar-refractivity contribution in [2.45, 2.75) is 180 Å². The largest absolute Gasteiger partial charge is 0.464 e. The minimum atomic E-state index is -0.394. The first-order chi connectivity index (χ1) is 22.5. The van der Waals surface area contributed by atoms with Crippen molar-refractivity contribution in [2.75, 3.05) is 45.9 Å². The monoisotopic (exact) mass is 653 g/mol. The van der Waals surface area contributed by atoms with Crippen LogP contribution in [0.3, 0.4) is 0 Å². The zero-order chi connectivity index (χ0) is 33.5. The molecule has 8 nitrogen and oxygen atoms in total. The third kappa shape index (κ3) is 25.4. The second-order valence-electron chi connectivity index (χ2n) is 13.6. The molecule has 1 atom stereocenters. The molecular formula is C38H72N2O6. The highest BCUT2D eigenvalue weighted by Gasteiger charge is 2.24. The highest BCUT2D eigenvalue weighted by molar-refractivity contribution is 5.78. The molecule has 1 saturated heterocycles. The number of rotatable bonds is 32. The molecule has 1 rings (SSSR count). The van der Waals surface area contributed by atoms with Crippen LogP contribution in [0.25, 0.3) is 0 Å². The molecule has 1 amide bonds. The van der Waals surface area contributed by atoms with Crippen LogP contribution in [0.15, 0.2) is 0 Å². The van der Waals surface area contributed by atoms with E-state index >= 15 is 0 Å². The molecule has 1 heterocycles. The first-order valence-corrected chi connectivity index (χ1v) is 19.5. The number of carbonyl (C=O) groups is 3. The second kappa shape index (κ2) is 30.7. The molecule has 0 unspecified atom stereocenters. The van der Waals surface area contributed by atoms with Crippen molar-refractivity contribution < 1.29 is 29.0 Å². The third-order valence-corrected chi connectivity index (χ3v) is 9.18. The van der Waals surface area contributed by atoms with Gasteiger partial charge in [0.05, 0.1) is 25.7 Å². The molecule has 1 aliphatic heterocycles. The summed E-state index contributed by atoms with van der Waals surface area (Å²) >= 11 is 0. The van der Waals surface area contributed by atoms with Gasteiger partial charge in [0.15, 0.2) is 0 Å². The van der Waals surface area contributed by atoms with Gasteiger partial charge in [-0.1, -0.05) is 142 Å². The molecule has 0 spiro atoms. The van der Waals surface area contributed by atoms with E-state index in [0.717, 1.165) is 38.5 Å². The van der Waals surface area contributed by atoms with Crippen molar-refractivity contribution in [3.05, 3.63) is 0 Å². The van der Waals surface area contributed by atoms with Gasteiger partial charge in [-0.15, -0.1) is 0 Å². The number of aliphatic hydroxyl groups is 1. The van der Waals surface area contributed by atoms with Gasteiger partial charge >= 0.3 is 11.9 Å². The number of amides is 1. The zero-order valence-corrected chi connectivity index (χ0v) is 30.1. The number of unbranched alkanes of at least 4 members (excludes halogenated alkanes) is 20. The van der Waals surface area contributed by atoms with Gasteiger partial charge in [-0.2, -0.15) is 0 Å². The minimum Gasteiger partial charge on any atom is -0.464 e. The molecule has 0 radical (unpaired) electrons. The summed E-state index contributed by atoms with van der Waals surface area (Å²) in [6.45, 7) is 6.69. The van der Waals surface area contributed by atoms with Gasteiger partial charge in [0, 0.05) is 25.9 Å². The summed E-state index contributed by atoms with van der Waals surface area (Å²) in [5, 5.41) is 9.83. The summed E-state index contributed by atoms with van der Waals surface area (Å²) in [5.41, 5.74) is 0. The Hall–Kier alpha value is -1.67. The zero-order valence-electron chi connectivity index (χ0n) is 30.1. The maximum Gasteiger partial charge on any atom is 0.305 e. The molecule has 8 heteroatoms. The second-order valence-corrected chi connectivity index (χ2v) is 13.6. The Morgan fingerprint density at radius 3 is 1.33 bits per heavy atom. The summed E-state index contributed by atoms with van der Waals surface area (Å²) in [6, 6.07) is 0. The Morgan fingerprint density at radius 1 is 0.609 bits per heavy atom. The van der Waals surface area contributed by atoms with Gasteiger partial charge in [-0.25, -0.2) is 0 Å². The van der Waals surface area contributed by atoms with Gasteiger partial charge in [0.1, 0.15) is 13.2 Å². The lowest BCUT2D eigenvalue weighted by atomic mass is 10.1. The normalized spacial score (nSPS) is 14.9. The first-order valence-electron chi connectivity index (χ1n) is 19.5. The first kappa shape index (κ1) is 42.4. The summed E-state index contributed by atoms with van der Waals surface area (Å²) < 4.78 is 10.9. The summed E-state index contributed by atoms with van der Waals surface area (Å²) in [5.74, 6) is -0.536. The number of hydrogen-bond donors (Lipinski definition) is 1. The molecule has 0 saturated carbocycles. The maximum atomic E-state index is 13.0. The predicted octanol–water partition coefficient (Wildman–Crippen LogP) is 8.37. The van der Waals surface area contributed by atoms with Crippen LogP contribution in [0, 0.1) is 0 Å². The number of carbonyl (C=O) groups excluding carboxylic acids is 3. The van der Waals surface area contributed by atoms with Crippen molar-refractivity contribution in [1.82, 2.24) is 9.80 Å². The van der Waals surface area contributed by atoms with Crippen molar-refractivity contribution in [2.24, 2.45) is 0 Å². The lowest BCUT2D eigenvalue weighted by molar-refractivity contribution is -0.148. The van der Waals surface area contributed by atoms with E-state index in [1.54, 1.807) is 4.90 Å². The molecule has 46 heavy (non-hydrogen) atoms. The lowest BCUT2D eigenvalue weighted by Gasteiger charge is -2.25. The summed E-state index contributed by atoms with van der Waals surface area (Å²) in [6.07, 6.45) is 28.2. The van der Waals surface area contributed by atoms with Crippen molar-refractivity contribution in [3.8, 4) is 0 Å². The topological polar surface area (TPSA) is 96.4 Å². The van der Waals surface area contributed by atoms with Crippen LogP contribution in [0.4, 0.5) is 0 Å². The Kier molecular flexibility index (Phi) is 28.2. The predicted molar refractivity (Wildman–Crippen MR) is 188 cm³/mol. The van der Waals surface area contributed by atoms with Crippen LogP contribution < -0.4 is 0 Å². The van der Waals surface area contributed by atoms with Crippen LogP contribution in [0.1, 0.15) is 174 Å². The lowest BCUT2D eigenvalue weighted by Crippen LogP contribution is -2.43. The number of ether oxygens (including phenoxy) is 2. The number of hydrogen-bond acceptors (Lipinski definition) is 7. The molecule has 0 aromatic rings. The Labute approximate surface area is 282 Å². The Balaban J connectivity index is 2.21. The summed E-state index contributed by atoms with van der Waals surface area (Å²) in [4.78, 5) is 41.2. The molecule has 0 aromatic carbocycles. The van der Waals surface area contributed by atoms with Crippen molar-refractivity contribution in [3.63, 3.8) is 0 Å². The number of aliphatic hydroxyl groups excluding tert-OH is 1. The van der Waals surface area contributed by atoms with Crippen LogP contribution >= 0.6 is 0 Å². The fourth-order valence-corrected chi connectivity index (χ4v) is 6.16. The van der Waals surface area contributed by atoms with E-state index < -0.39 is 6.10 Å². The van der Waals surface area contributed by atoms with Crippen LogP contribution in [0.2, 0.25) is 0 Å². The molecule has 0 aliphatic carbocycles. The van der Waals surface area contributed by atoms with E-state index in [-0.39, 0.29) is 50.7 Å². The number of nitrogens with zero attached hydrogens (tertiary/aromatic N) is 2. The quantitative estimate of drug-likeness (QED) is 0.0576. The fourth-order valence-electron chi connectivity index (χ4n) is 6.16. The smallest absolute Gasteiger partial charge is 0.305 e. The minimum absolute atomic E-state index is 0.100. The standard InChI is InChI=1S/C38H72N2O6/c1-3-5-7-9-11-13-15-17-19-21-23-25-37(43)45-31-29-40(36(42)34-39-28-27-35(41)33-39)30-32-46-38(44)26-24-22-20-18-16-14-12-10-8-6-4-2/h35,41H,3-34H2,1-2H3/t35-/m1/s1. The molecular weight excluding hydrogens is 580 g/mol. The van der Waals surface area contributed by atoms with Gasteiger partial charge < -0.3 is 19.5 Å². The van der Waals surface area contributed by atoms with Crippen LogP contribution in [-0.4, -0.2) is 84.8 Å². The van der Waals surface area contributed by atoms with Gasteiger partial charge in [-0.05, 0) is 19.3 Å². The molecule has 1 N–H and O–H groups in total. The number of likely N-dealkylation sites (tertiary alicyclic amines) is 1. The van der Waals surface area contributed by atoms with E-state index in [9.17, 15) is 19.5 Å². The highest BCUT2D eigenvalue weighted by atomic mass is 16.5. The molecule has 0 aromatic heterocycles. The molecule has 270 valence electrons. The van der Waals surface area contributed by atoms with Gasteiger partial charge in [0.2, 0.25) is 5.91 Å². The average molecular weight is 653 g/mol. The van der Waals surface area contributed by atoms with Crippen molar-refractivity contribution in [1.29, 1.82) is 0 Å². The van der Waals surface area contributed by atoms with Gasteiger partial charge in [0.25, 0.3) is 0 Å². The highest BCUT2D eigenvalue weighted by Crippen LogP contribution is 2.14. The maximum absolute atomic E-state index is 13.0. The Bertz CT molecular complexity index is 705. The van der Waals surface area contributed by atoms with Crippen LogP contribution in [-0.2, 0) is 23.9 Å². The molecule has 1 aliphatic rings. The number of β-amino-alcohol motifs (C(OH)–C–C–N with tert-alkyl or cyclic N) is 1. The van der Waals surface area contributed by atoms with E-state index in [0.29, 0.717) is 32.4 Å². The van der Waals surface area contributed by atoms with Crippen LogP contribution in [0.5, 0.6) is 0 Å². The van der Waals surface area contributed by atoms with E-state index in [1.807, 2.05) is 4.90 Å². The van der Waals surface area contributed by atoms with E-state index in [4.69, 9.17) is 9.47 Å². The molecule has 1 fully saturated rings. The van der Waals surface area contributed by atoms with E-state index in [2.05, 4.69) is 13.8 Å². The number of esters is 2. The average Bonchev–Trinajstić information content (AvgIpc) is 3.45. The van der Waals surface area contributed by atoms with Gasteiger partial charge in [-0.3, -0.25) is 19.3 Å². The van der Waals surface area contributed by atoms with E-state index in [1.165, 1.54) is 103 Å². The Morgan fingerprint density at radius 2 is 0.978 bits per heavy atom. The third-order valence-electron chi connectivity index (χ3n) is 9.18. The molecule has 0 bridgehead atoms. The fraction of sp³-hybridized carbons (Fsp3) is 0.921. The summed E-state index contributed by atoms with van der Waals surface area (Å²) in [7, 11) is 0. The SMILES string of the molecule is CCCCCCCCCCCCCC(=O)OCCN(CCOC(=O)CCCCCCCCCCCCC)C(=O)CN1CC[C@@H](O)C1. The van der Waals surface area contributed by atoms with Crippen molar-refractivity contribution >= 4 is 17.8 Å².